The Kier molecular flexibility index (Phi) is 5.99. The van der Waals surface area contributed by atoms with Crippen LogP contribution in [0.4, 0.5) is 5.82 Å². The maximum atomic E-state index is 11.9. The van der Waals surface area contributed by atoms with E-state index in [1.54, 1.807) is 6.20 Å². The quantitative estimate of drug-likeness (QED) is 0.769. The fraction of sp³-hybridized carbons (Fsp3) is 0.643. The number of carbonyl (C=O) groups is 1. The molecule has 1 amide bonds. The Labute approximate surface area is 139 Å². The van der Waals surface area contributed by atoms with Crippen LogP contribution in [0.5, 0.6) is 0 Å². The normalized spacial score (nSPS) is 12.1. The third-order valence-corrected chi connectivity index (χ3v) is 3.35. The second-order valence-corrected chi connectivity index (χ2v) is 8.05. The summed E-state index contributed by atoms with van der Waals surface area (Å²) in [5, 5.41) is 6.36. The Bertz CT molecular complexity index is 514. The lowest BCUT2D eigenvalue weighted by Gasteiger charge is -2.28. The van der Waals surface area contributed by atoms with Crippen molar-refractivity contribution in [3.05, 3.63) is 16.0 Å². The average molecular weight is 378 g/mol. The van der Waals surface area contributed by atoms with E-state index < -0.39 is 0 Å². The van der Waals surface area contributed by atoms with Gasteiger partial charge in [0.1, 0.15) is 5.82 Å². The van der Waals surface area contributed by atoms with Crippen molar-refractivity contribution in [2.75, 3.05) is 11.9 Å². The SMILES string of the molecule is CC(C)(C)CC(=O)NCC(C)(C)Nc1nc(Cl)ncc1Br. The van der Waals surface area contributed by atoms with Gasteiger partial charge in [0, 0.05) is 19.2 Å². The van der Waals surface area contributed by atoms with Crippen LogP contribution in [0.25, 0.3) is 0 Å². The maximum absolute atomic E-state index is 11.9. The Hall–Kier alpha value is -0.880. The predicted octanol–water partition coefficient (Wildman–Crippen LogP) is 3.64. The number of amides is 1. The molecule has 21 heavy (non-hydrogen) atoms. The summed E-state index contributed by atoms with van der Waals surface area (Å²) in [6, 6.07) is 0. The summed E-state index contributed by atoms with van der Waals surface area (Å²) in [7, 11) is 0. The molecule has 0 bridgehead atoms. The van der Waals surface area contributed by atoms with Crippen LogP contribution >= 0.6 is 27.5 Å². The molecule has 0 aromatic carbocycles. The molecule has 0 aliphatic heterocycles. The van der Waals surface area contributed by atoms with Crippen LogP contribution in [0.1, 0.15) is 41.0 Å². The van der Waals surface area contributed by atoms with Crippen molar-refractivity contribution in [3.63, 3.8) is 0 Å². The molecule has 118 valence electrons. The van der Waals surface area contributed by atoms with Crippen LogP contribution in [-0.4, -0.2) is 28.0 Å². The number of anilines is 1. The van der Waals surface area contributed by atoms with Gasteiger partial charge in [-0.3, -0.25) is 4.79 Å². The fourth-order valence-corrected chi connectivity index (χ4v) is 2.09. The minimum Gasteiger partial charge on any atom is -0.362 e. The highest BCUT2D eigenvalue weighted by atomic mass is 79.9. The summed E-state index contributed by atoms with van der Waals surface area (Å²) in [6.07, 6.45) is 2.08. The summed E-state index contributed by atoms with van der Waals surface area (Å²) >= 11 is 9.16. The lowest BCUT2D eigenvalue weighted by atomic mass is 9.92. The van der Waals surface area contributed by atoms with Crippen molar-refractivity contribution >= 4 is 39.3 Å². The van der Waals surface area contributed by atoms with Gasteiger partial charge in [-0.05, 0) is 46.8 Å². The summed E-state index contributed by atoms with van der Waals surface area (Å²) in [4.78, 5) is 19.9. The molecule has 0 fully saturated rings. The predicted molar refractivity (Wildman–Crippen MR) is 89.5 cm³/mol. The van der Waals surface area contributed by atoms with Gasteiger partial charge in [-0.2, -0.15) is 4.98 Å². The number of aromatic nitrogens is 2. The fourth-order valence-electron chi connectivity index (χ4n) is 1.66. The molecule has 0 saturated heterocycles. The number of halogens is 2. The van der Waals surface area contributed by atoms with E-state index in [1.165, 1.54) is 0 Å². The molecule has 0 unspecified atom stereocenters. The van der Waals surface area contributed by atoms with Crippen LogP contribution in [0.15, 0.2) is 10.7 Å². The second kappa shape index (κ2) is 6.92. The van der Waals surface area contributed by atoms with Gasteiger partial charge in [-0.15, -0.1) is 0 Å². The minimum absolute atomic E-state index is 0.0230. The molecule has 1 aromatic rings. The Morgan fingerprint density at radius 2 is 1.95 bits per heavy atom. The molecule has 0 spiro atoms. The Morgan fingerprint density at radius 1 is 1.33 bits per heavy atom. The molecule has 0 radical (unpaired) electrons. The van der Waals surface area contributed by atoms with Crippen LogP contribution in [-0.2, 0) is 4.79 Å². The van der Waals surface area contributed by atoms with Crippen molar-refractivity contribution in [1.29, 1.82) is 0 Å². The zero-order valence-corrected chi connectivity index (χ0v) is 15.4. The van der Waals surface area contributed by atoms with E-state index in [0.717, 1.165) is 4.47 Å². The largest absolute Gasteiger partial charge is 0.362 e. The minimum atomic E-state index is -0.367. The van der Waals surface area contributed by atoms with Gasteiger partial charge in [0.05, 0.1) is 10.0 Å². The van der Waals surface area contributed by atoms with Gasteiger partial charge in [-0.25, -0.2) is 4.98 Å². The van der Waals surface area contributed by atoms with Crippen molar-refractivity contribution in [2.45, 2.75) is 46.6 Å². The molecular formula is C14H22BrClN4O. The van der Waals surface area contributed by atoms with Crippen molar-refractivity contribution in [1.82, 2.24) is 15.3 Å². The summed E-state index contributed by atoms with van der Waals surface area (Å²) < 4.78 is 0.723. The third kappa shape index (κ3) is 7.09. The van der Waals surface area contributed by atoms with E-state index in [0.29, 0.717) is 18.8 Å². The molecular weight excluding hydrogens is 356 g/mol. The molecule has 0 saturated carbocycles. The van der Waals surface area contributed by atoms with Crippen LogP contribution in [0.2, 0.25) is 5.28 Å². The van der Waals surface area contributed by atoms with Gasteiger partial charge in [0.2, 0.25) is 11.2 Å². The number of rotatable bonds is 5. The highest BCUT2D eigenvalue weighted by molar-refractivity contribution is 9.10. The summed E-state index contributed by atoms with van der Waals surface area (Å²) in [6.45, 7) is 10.6. The number of hydrogen-bond donors (Lipinski definition) is 2. The topological polar surface area (TPSA) is 66.9 Å². The monoisotopic (exact) mass is 376 g/mol. The van der Waals surface area contributed by atoms with Gasteiger partial charge < -0.3 is 10.6 Å². The van der Waals surface area contributed by atoms with E-state index in [-0.39, 0.29) is 22.1 Å². The number of carbonyl (C=O) groups excluding carboxylic acids is 1. The van der Waals surface area contributed by atoms with Gasteiger partial charge >= 0.3 is 0 Å². The number of hydrogen-bond acceptors (Lipinski definition) is 4. The van der Waals surface area contributed by atoms with E-state index in [4.69, 9.17) is 11.6 Å². The second-order valence-electron chi connectivity index (χ2n) is 6.86. The first kappa shape index (κ1) is 18.2. The van der Waals surface area contributed by atoms with Crippen molar-refractivity contribution < 1.29 is 4.79 Å². The van der Waals surface area contributed by atoms with Gasteiger partial charge in [0.25, 0.3) is 0 Å². The summed E-state index contributed by atoms with van der Waals surface area (Å²) in [5.41, 5.74) is -0.390. The average Bonchev–Trinajstić information content (AvgIpc) is 2.29. The molecule has 1 aromatic heterocycles. The van der Waals surface area contributed by atoms with Crippen LogP contribution in [0.3, 0.4) is 0 Å². The molecule has 1 rings (SSSR count). The smallest absolute Gasteiger partial charge is 0.224 e. The van der Waals surface area contributed by atoms with Crippen LogP contribution in [0, 0.1) is 5.41 Å². The van der Waals surface area contributed by atoms with Crippen molar-refractivity contribution in [2.24, 2.45) is 5.41 Å². The summed E-state index contributed by atoms with van der Waals surface area (Å²) in [5.74, 6) is 0.641. The lowest BCUT2D eigenvalue weighted by molar-refractivity contribution is -0.122. The molecule has 0 atom stereocenters. The third-order valence-electron chi connectivity index (χ3n) is 2.59. The molecule has 7 heteroatoms. The first-order chi connectivity index (χ1) is 9.48. The van der Waals surface area contributed by atoms with Crippen molar-refractivity contribution in [3.8, 4) is 0 Å². The zero-order valence-electron chi connectivity index (χ0n) is 13.1. The standard InChI is InChI=1S/C14H22BrClN4O/c1-13(2,3)6-10(21)18-8-14(4,5)20-11-9(15)7-17-12(16)19-11/h7H,6,8H2,1-5H3,(H,18,21)(H,17,19,20). The maximum Gasteiger partial charge on any atom is 0.224 e. The van der Waals surface area contributed by atoms with Crippen LogP contribution < -0.4 is 10.6 Å². The highest BCUT2D eigenvalue weighted by Gasteiger charge is 2.22. The molecule has 1 heterocycles. The zero-order chi connectivity index (χ0) is 16.3. The number of nitrogens with zero attached hydrogens (tertiary/aromatic N) is 2. The number of nitrogens with one attached hydrogen (secondary N) is 2. The van der Waals surface area contributed by atoms with Gasteiger partial charge in [0.15, 0.2) is 0 Å². The molecule has 5 nitrogen and oxygen atoms in total. The molecule has 0 aliphatic carbocycles. The van der Waals surface area contributed by atoms with Gasteiger partial charge in [-0.1, -0.05) is 20.8 Å². The molecule has 0 aliphatic rings. The van der Waals surface area contributed by atoms with E-state index in [9.17, 15) is 4.79 Å². The molecule has 2 N–H and O–H groups in total. The first-order valence-electron chi connectivity index (χ1n) is 6.71. The van der Waals surface area contributed by atoms with E-state index >= 15 is 0 Å². The Morgan fingerprint density at radius 3 is 2.52 bits per heavy atom. The first-order valence-corrected chi connectivity index (χ1v) is 7.88. The van der Waals surface area contributed by atoms with E-state index in [1.807, 2.05) is 34.6 Å². The Balaban J connectivity index is 2.61. The lowest BCUT2D eigenvalue weighted by Crippen LogP contribution is -2.45. The van der Waals surface area contributed by atoms with E-state index in [2.05, 4.69) is 36.5 Å². The highest BCUT2D eigenvalue weighted by Crippen LogP contribution is 2.23.